The number of fused-ring (bicyclic) bond motifs is 1. The topological polar surface area (TPSA) is 220 Å². The Morgan fingerprint density at radius 3 is 1.86 bits per heavy atom. The highest BCUT2D eigenvalue weighted by Crippen LogP contribution is 2.39. The smallest absolute Gasteiger partial charge is 0.264 e. The number of carbonyl (C=O) groups is 9. The minimum absolute atomic E-state index is 0.0106. The van der Waals surface area contributed by atoms with Gasteiger partial charge in [0.15, 0.2) is 0 Å². The Morgan fingerprint density at radius 1 is 0.609 bits per heavy atom. The van der Waals surface area contributed by atoms with Gasteiger partial charge in [0.2, 0.25) is 29.5 Å². The van der Waals surface area contributed by atoms with Crippen molar-refractivity contribution >= 4 is 97.3 Å². The highest BCUT2D eigenvalue weighted by atomic mass is 79.9. The van der Waals surface area contributed by atoms with Gasteiger partial charge in [0.05, 0.1) is 11.1 Å². The average molecular weight is 1020 g/mol. The second-order valence-electron chi connectivity index (χ2n) is 17.2. The van der Waals surface area contributed by atoms with Crippen LogP contribution < -0.4 is 26.6 Å². The van der Waals surface area contributed by atoms with E-state index in [0.717, 1.165) is 63.1 Å². The van der Waals surface area contributed by atoms with Gasteiger partial charge in [-0.05, 0) is 105 Å². The molecule has 0 bridgehead atoms. The quantitative estimate of drug-likeness (QED) is 0.0340. The molecule has 3 heterocycles. The number of halogens is 1. The normalized spacial score (nSPS) is 15.3. The maximum atomic E-state index is 13.5. The van der Waals surface area contributed by atoms with Crippen LogP contribution in [0.1, 0.15) is 131 Å². The fourth-order valence-corrected chi connectivity index (χ4v) is 9.92. The zero-order chi connectivity index (χ0) is 48.9. The molecule has 4 aromatic rings. The van der Waals surface area contributed by atoms with Crippen LogP contribution in [0, 0.1) is 0 Å². The van der Waals surface area contributed by atoms with Crippen LogP contribution in [0.25, 0.3) is 10.8 Å². The standard InChI is InChI=1S/C51H56BrN7O9S/c52-32-19-21-33(22-20-32)69-40-25-23-37-45-34(40)12-10-13-35(45)48(65)58(49(37)66)31-30-56-43(62)18-6-5-17-42(61)55-29-8-2-1-7-28-54-41(60)16-4-3-9-27-53-38-15-11-14-36-46(38)51(68)59(50(36)67)39-24-26-44(63)57-47(39)64/h10-15,19-23,25,39,53H,1-9,16-18,24,26-31H2,(H,54,60)(H,55,61)(H,56,62)(H,57,63,64). The maximum absolute atomic E-state index is 13.5. The molecule has 1 unspecified atom stereocenters. The van der Waals surface area contributed by atoms with Gasteiger partial charge in [0.25, 0.3) is 23.6 Å². The van der Waals surface area contributed by atoms with Crippen molar-refractivity contribution in [3.63, 3.8) is 0 Å². The number of nitrogens with zero attached hydrogens (tertiary/aromatic N) is 2. The van der Waals surface area contributed by atoms with E-state index in [1.807, 2.05) is 42.5 Å². The summed E-state index contributed by atoms with van der Waals surface area (Å²) >= 11 is 5.03. The SMILES string of the molecule is O=C(CCCCCNc1cccc2c1C(=O)N(C1CCC(=O)NC1=O)C2=O)NCCCCCCNC(=O)CCCCC(=O)NCCN1C(=O)c2cccc3c(Sc4ccc(Br)cc4)ccc(c23)C1=O. The van der Waals surface area contributed by atoms with Crippen LogP contribution in [0.15, 0.2) is 87.1 Å². The molecule has 7 rings (SSSR count). The zero-order valence-corrected chi connectivity index (χ0v) is 40.7. The summed E-state index contributed by atoms with van der Waals surface area (Å²) < 4.78 is 0.979. The number of rotatable bonds is 25. The number of hydrogen-bond acceptors (Lipinski definition) is 11. The van der Waals surface area contributed by atoms with Crippen LogP contribution in [-0.4, -0.2) is 102 Å². The van der Waals surface area contributed by atoms with Crippen molar-refractivity contribution in [3.8, 4) is 0 Å². The fourth-order valence-electron chi connectivity index (χ4n) is 8.72. The van der Waals surface area contributed by atoms with Gasteiger partial charge in [0.1, 0.15) is 6.04 Å². The molecule has 362 valence electrons. The zero-order valence-electron chi connectivity index (χ0n) is 38.3. The van der Waals surface area contributed by atoms with Gasteiger partial charge in [-0.2, -0.15) is 0 Å². The summed E-state index contributed by atoms with van der Waals surface area (Å²) in [4.78, 5) is 119. The molecule has 3 aliphatic rings. The molecule has 0 radical (unpaired) electrons. The molecule has 18 heteroatoms. The van der Waals surface area contributed by atoms with Crippen LogP contribution in [-0.2, 0) is 24.0 Å². The first kappa shape index (κ1) is 50.5. The molecule has 9 amide bonds. The lowest BCUT2D eigenvalue weighted by Crippen LogP contribution is -2.54. The third kappa shape index (κ3) is 12.8. The van der Waals surface area contributed by atoms with Crippen molar-refractivity contribution in [1.29, 1.82) is 0 Å². The molecule has 0 aromatic heterocycles. The number of hydrogen-bond donors (Lipinski definition) is 5. The lowest BCUT2D eigenvalue weighted by atomic mass is 9.94. The van der Waals surface area contributed by atoms with E-state index in [2.05, 4.69) is 42.5 Å². The Balaban J connectivity index is 0.676. The largest absolute Gasteiger partial charge is 0.384 e. The van der Waals surface area contributed by atoms with E-state index in [1.54, 1.807) is 42.1 Å². The Labute approximate surface area is 413 Å². The molecule has 69 heavy (non-hydrogen) atoms. The summed E-state index contributed by atoms with van der Waals surface area (Å²) in [7, 11) is 0. The third-order valence-corrected chi connectivity index (χ3v) is 13.9. The minimum atomic E-state index is -1.02. The number of carbonyl (C=O) groups excluding carboxylic acids is 9. The second-order valence-corrected chi connectivity index (χ2v) is 19.3. The van der Waals surface area contributed by atoms with Crippen LogP contribution in [0.4, 0.5) is 5.69 Å². The lowest BCUT2D eigenvalue weighted by Gasteiger charge is -2.27. The fraction of sp³-hybridized carbons (Fsp3) is 0.392. The molecule has 1 atom stereocenters. The van der Waals surface area contributed by atoms with Crippen molar-refractivity contribution in [2.24, 2.45) is 0 Å². The van der Waals surface area contributed by atoms with E-state index < -0.39 is 29.7 Å². The van der Waals surface area contributed by atoms with Gasteiger partial charge >= 0.3 is 0 Å². The number of piperidine rings is 1. The number of benzene rings is 4. The minimum Gasteiger partial charge on any atom is -0.384 e. The van der Waals surface area contributed by atoms with Gasteiger partial charge in [-0.15, -0.1) is 0 Å². The summed E-state index contributed by atoms with van der Waals surface area (Å²) in [6.45, 7) is 1.83. The number of unbranched alkanes of at least 4 members (excludes halogenated alkanes) is 6. The number of anilines is 1. The molecule has 3 aliphatic heterocycles. The van der Waals surface area contributed by atoms with Gasteiger partial charge in [-0.3, -0.25) is 58.3 Å². The summed E-state index contributed by atoms with van der Waals surface area (Å²) in [5.74, 6) is -3.24. The summed E-state index contributed by atoms with van der Waals surface area (Å²) in [6.07, 6.45) is 7.86. The molecular weight excluding hydrogens is 967 g/mol. The highest BCUT2D eigenvalue weighted by Gasteiger charge is 2.45. The van der Waals surface area contributed by atoms with Crippen LogP contribution in [0.3, 0.4) is 0 Å². The van der Waals surface area contributed by atoms with E-state index in [9.17, 15) is 43.2 Å². The molecule has 5 N–H and O–H groups in total. The average Bonchev–Trinajstić information content (AvgIpc) is 3.59. The molecule has 16 nitrogen and oxygen atoms in total. The highest BCUT2D eigenvalue weighted by molar-refractivity contribution is 9.10. The third-order valence-electron chi connectivity index (χ3n) is 12.3. The van der Waals surface area contributed by atoms with E-state index in [1.165, 1.54) is 4.90 Å². The number of amides is 9. The van der Waals surface area contributed by atoms with Crippen LogP contribution in [0.2, 0.25) is 0 Å². The van der Waals surface area contributed by atoms with Crippen LogP contribution in [0.5, 0.6) is 0 Å². The number of nitrogens with one attached hydrogen (secondary N) is 5. The molecule has 0 aliphatic carbocycles. The first-order valence-electron chi connectivity index (χ1n) is 23.6. The Morgan fingerprint density at radius 2 is 1.19 bits per heavy atom. The van der Waals surface area contributed by atoms with E-state index in [4.69, 9.17) is 0 Å². The van der Waals surface area contributed by atoms with E-state index >= 15 is 0 Å². The van der Waals surface area contributed by atoms with E-state index in [-0.39, 0.29) is 73.0 Å². The van der Waals surface area contributed by atoms with Crippen molar-refractivity contribution in [1.82, 2.24) is 31.1 Å². The Hall–Kier alpha value is -6.40. The van der Waals surface area contributed by atoms with Crippen molar-refractivity contribution in [2.75, 3.05) is 38.0 Å². The molecule has 0 saturated carbocycles. The molecular formula is C51H56BrN7O9S. The maximum Gasteiger partial charge on any atom is 0.264 e. The monoisotopic (exact) mass is 1020 g/mol. The predicted octanol–water partition coefficient (Wildman–Crippen LogP) is 6.89. The van der Waals surface area contributed by atoms with Gasteiger partial charge in [-0.25, -0.2) is 0 Å². The van der Waals surface area contributed by atoms with Gasteiger partial charge in [0, 0.05) is 94.9 Å². The number of imide groups is 3. The molecule has 1 fully saturated rings. The van der Waals surface area contributed by atoms with E-state index in [0.29, 0.717) is 73.9 Å². The molecule has 4 aromatic carbocycles. The Kier molecular flexibility index (Phi) is 17.7. The van der Waals surface area contributed by atoms with Gasteiger partial charge < -0.3 is 21.3 Å². The summed E-state index contributed by atoms with van der Waals surface area (Å²) in [5.41, 5.74) is 1.87. The van der Waals surface area contributed by atoms with Crippen molar-refractivity contribution in [2.45, 2.75) is 106 Å². The summed E-state index contributed by atoms with van der Waals surface area (Å²) in [6, 6.07) is 21.0. The predicted molar refractivity (Wildman–Crippen MR) is 264 cm³/mol. The Bertz CT molecular complexity index is 2620. The first-order chi connectivity index (χ1) is 33.4. The van der Waals surface area contributed by atoms with Crippen molar-refractivity contribution < 1.29 is 43.2 Å². The van der Waals surface area contributed by atoms with Crippen LogP contribution >= 0.6 is 27.7 Å². The second kappa shape index (κ2) is 24.2. The first-order valence-corrected chi connectivity index (χ1v) is 25.3. The van der Waals surface area contributed by atoms with Crippen molar-refractivity contribution in [3.05, 3.63) is 99.5 Å². The summed E-state index contributed by atoms with van der Waals surface area (Å²) in [5, 5.41) is 15.6. The molecule has 1 saturated heterocycles. The van der Waals surface area contributed by atoms with Gasteiger partial charge in [-0.1, -0.05) is 65.2 Å². The molecule has 0 spiro atoms. The lowest BCUT2D eigenvalue weighted by molar-refractivity contribution is -0.136.